The molecule has 0 saturated heterocycles. The summed E-state index contributed by atoms with van der Waals surface area (Å²) in [5.74, 6) is 0.775. The number of hydrogen-bond acceptors (Lipinski definition) is 2. The average Bonchev–Trinajstić information content (AvgIpc) is 1.96. The highest BCUT2D eigenvalue weighted by Gasteiger charge is 2.11. The first kappa shape index (κ1) is 11.9. The summed E-state index contributed by atoms with van der Waals surface area (Å²) in [4.78, 5) is 0. The highest BCUT2D eigenvalue weighted by atomic mass is 16.3. The van der Waals surface area contributed by atoms with Crippen LogP contribution in [0.4, 0.5) is 0 Å². The van der Waals surface area contributed by atoms with Crippen molar-refractivity contribution in [1.29, 1.82) is 0 Å². The third-order valence-corrected chi connectivity index (χ3v) is 2.25. The van der Waals surface area contributed by atoms with Gasteiger partial charge < -0.3 is 10.4 Å². The number of likely N-dealkylation sites (N-methyl/N-ethyl adjacent to an activating group) is 1. The molecule has 0 radical (unpaired) electrons. The quantitative estimate of drug-likeness (QED) is 0.641. The van der Waals surface area contributed by atoms with Gasteiger partial charge in [0.15, 0.2) is 0 Å². The molecule has 0 aliphatic rings. The molecule has 1 unspecified atom stereocenters. The molecule has 0 heterocycles. The lowest BCUT2D eigenvalue weighted by Crippen LogP contribution is -2.35. The Morgan fingerprint density at radius 1 is 1.17 bits per heavy atom. The van der Waals surface area contributed by atoms with E-state index in [0.717, 1.165) is 12.3 Å². The summed E-state index contributed by atoms with van der Waals surface area (Å²) in [6.45, 7) is 6.31. The van der Waals surface area contributed by atoms with Crippen LogP contribution >= 0.6 is 0 Å². The SMILES string of the molecule is CN[C@@H](CCCC(C)C)C(C)O. The summed E-state index contributed by atoms with van der Waals surface area (Å²) in [7, 11) is 1.91. The summed E-state index contributed by atoms with van der Waals surface area (Å²) in [5, 5.41) is 12.4. The van der Waals surface area contributed by atoms with E-state index < -0.39 is 0 Å². The van der Waals surface area contributed by atoms with Gasteiger partial charge in [-0.05, 0) is 26.3 Å². The molecule has 2 atom stereocenters. The Kier molecular flexibility index (Phi) is 6.39. The molecule has 0 fully saturated rings. The zero-order valence-corrected chi connectivity index (χ0v) is 8.80. The lowest BCUT2D eigenvalue weighted by molar-refractivity contribution is 0.142. The Morgan fingerprint density at radius 2 is 1.75 bits per heavy atom. The molecule has 0 amide bonds. The van der Waals surface area contributed by atoms with Gasteiger partial charge in [0, 0.05) is 6.04 Å². The van der Waals surface area contributed by atoms with Gasteiger partial charge in [-0.15, -0.1) is 0 Å². The lowest BCUT2D eigenvalue weighted by atomic mass is 10.0. The van der Waals surface area contributed by atoms with Crippen LogP contribution < -0.4 is 5.32 Å². The predicted molar refractivity (Wildman–Crippen MR) is 53.2 cm³/mol. The van der Waals surface area contributed by atoms with E-state index >= 15 is 0 Å². The molecule has 2 nitrogen and oxygen atoms in total. The molecular weight excluding hydrogens is 150 g/mol. The van der Waals surface area contributed by atoms with Crippen molar-refractivity contribution >= 4 is 0 Å². The minimum atomic E-state index is -0.234. The monoisotopic (exact) mass is 173 g/mol. The summed E-state index contributed by atoms with van der Waals surface area (Å²) >= 11 is 0. The van der Waals surface area contributed by atoms with E-state index in [1.165, 1.54) is 12.8 Å². The molecule has 2 N–H and O–H groups in total. The number of aliphatic hydroxyl groups excluding tert-OH is 1. The third-order valence-electron chi connectivity index (χ3n) is 2.25. The third kappa shape index (κ3) is 5.56. The van der Waals surface area contributed by atoms with Crippen molar-refractivity contribution in [2.24, 2.45) is 5.92 Å². The molecule has 0 rings (SSSR count). The molecular formula is C10H23NO. The zero-order valence-electron chi connectivity index (χ0n) is 8.80. The van der Waals surface area contributed by atoms with E-state index in [4.69, 9.17) is 0 Å². The normalized spacial score (nSPS) is 16.5. The van der Waals surface area contributed by atoms with Crippen LogP contribution in [0.25, 0.3) is 0 Å². The van der Waals surface area contributed by atoms with Crippen LogP contribution in [0, 0.1) is 5.92 Å². The van der Waals surface area contributed by atoms with Crippen LogP contribution in [0.3, 0.4) is 0 Å². The van der Waals surface area contributed by atoms with Crippen molar-refractivity contribution in [3.05, 3.63) is 0 Å². The largest absolute Gasteiger partial charge is 0.392 e. The number of hydrogen-bond donors (Lipinski definition) is 2. The van der Waals surface area contributed by atoms with Crippen molar-refractivity contribution in [2.75, 3.05) is 7.05 Å². The van der Waals surface area contributed by atoms with Crippen LogP contribution in [-0.4, -0.2) is 24.3 Å². The van der Waals surface area contributed by atoms with Crippen LogP contribution in [0.15, 0.2) is 0 Å². The zero-order chi connectivity index (χ0) is 9.56. The summed E-state index contributed by atoms with van der Waals surface area (Å²) in [6, 6.07) is 0.267. The maximum Gasteiger partial charge on any atom is 0.0664 e. The number of nitrogens with one attached hydrogen (secondary N) is 1. The number of aliphatic hydroxyl groups is 1. The van der Waals surface area contributed by atoms with E-state index in [1.54, 1.807) is 0 Å². The average molecular weight is 173 g/mol. The van der Waals surface area contributed by atoms with Crippen LogP contribution in [0.5, 0.6) is 0 Å². The molecule has 2 heteroatoms. The molecule has 0 aliphatic heterocycles. The molecule has 0 aromatic heterocycles. The maximum absolute atomic E-state index is 9.31. The second kappa shape index (κ2) is 6.44. The van der Waals surface area contributed by atoms with E-state index in [9.17, 15) is 5.11 Å². The molecule has 74 valence electrons. The van der Waals surface area contributed by atoms with Crippen molar-refractivity contribution < 1.29 is 5.11 Å². The highest BCUT2D eigenvalue weighted by Crippen LogP contribution is 2.09. The van der Waals surface area contributed by atoms with Gasteiger partial charge in [-0.2, -0.15) is 0 Å². The molecule has 12 heavy (non-hydrogen) atoms. The Hall–Kier alpha value is -0.0800. The lowest BCUT2D eigenvalue weighted by Gasteiger charge is -2.19. The van der Waals surface area contributed by atoms with Gasteiger partial charge in [-0.1, -0.05) is 26.7 Å². The van der Waals surface area contributed by atoms with Crippen LogP contribution in [-0.2, 0) is 0 Å². The smallest absolute Gasteiger partial charge is 0.0664 e. The van der Waals surface area contributed by atoms with Crippen molar-refractivity contribution in [3.8, 4) is 0 Å². The van der Waals surface area contributed by atoms with Gasteiger partial charge in [-0.3, -0.25) is 0 Å². The molecule has 0 saturated carbocycles. The van der Waals surface area contributed by atoms with Gasteiger partial charge in [0.1, 0.15) is 0 Å². The molecule has 0 bridgehead atoms. The fourth-order valence-corrected chi connectivity index (χ4v) is 1.37. The van der Waals surface area contributed by atoms with Crippen molar-refractivity contribution in [2.45, 2.75) is 52.2 Å². The van der Waals surface area contributed by atoms with Crippen LogP contribution in [0.2, 0.25) is 0 Å². The number of rotatable bonds is 6. The second-order valence-corrected chi connectivity index (χ2v) is 3.96. The molecule has 0 aromatic carbocycles. The van der Waals surface area contributed by atoms with E-state index in [-0.39, 0.29) is 12.1 Å². The first-order valence-corrected chi connectivity index (χ1v) is 4.93. The van der Waals surface area contributed by atoms with Crippen molar-refractivity contribution in [3.63, 3.8) is 0 Å². The topological polar surface area (TPSA) is 32.3 Å². The maximum atomic E-state index is 9.31. The van der Waals surface area contributed by atoms with E-state index in [2.05, 4.69) is 19.2 Å². The Labute approximate surface area is 76.4 Å². The Bertz CT molecular complexity index is 102. The Morgan fingerprint density at radius 3 is 2.08 bits per heavy atom. The van der Waals surface area contributed by atoms with Gasteiger partial charge in [-0.25, -0.2) is 0 Å². The highest BCUT2D eigenvalue weighted by molar-refractivity contribution is 4.70. The van der Waals surface area contributed by atoms with Crippen LogP contribution in [0.1, 0.15) is 40.0 Å². The van der Waals surface area contributed by atoms with Gasteiger partial charge in [0.05, 0.1) is 6.10 Å². The van der Waals surface area contributed by atoms with Gasteiger partial charge in [0.2, 0.25) is 0 Å². The second-order valence-electron chi connectivity index (χ2n) is 3.96. The first-order valence-electron chi connectivity index (χ1n) is 4.93. The molecule has 0 aliphatic carbocycles. The van der Waals surface area contributed by atoms with E-state index in [0.29, 0.717) is 0 Å². The Balaban J connectivity index is 3.45. The summed E-state index contributed by atoms with van der Waals surface area (Å²) < 4.78 is 0. The van der Waals surface area contributed by atoms with Gasteiger partial charge >= 0.3 is 0 Å². The standard InChI is InChI=1S/C10H23NO/c1-8(2)6-5-7-10(11-4)9(3)12/h8-12H,5-7H2,1-4H3/t9?,10-/m0/s1. The molecule has 0 spiro atoms. The minimum absolute atomic E-state index is 0.234. The predicted octanol–water partition coefficient (Wildman–Crippen LogP) is 1.78. The fourth-order valence-electron chi connectivity index (χ4n) is 1.37. The summed E-state index contributed by atoms with van der Waals surface area (Å²) in [5.41, 5.74) is 0. The molecule has 0 aromatic rings. The van der Waals surface area contributed by atoms with E-state index in [1.807, 2.05) is 14.0 Å². The van der Waals surface area contributed by atoms with Crippen molar-refractivity contribution in [1.82, 2.24) is 5.32 Å². The fraction of sp³-hybridized carbons (Fsp3) is 1.00. The minimum Gasteiger partial charge on any atom is -0.392 e. The summed E-state index contributed by atoms with van der Waals surface area (Å²) in [6.07, 6.45) is 3.30. The van der Waals surface area contributed by atoms with Gasteiger partial charge in [0.25, 0.3) is 0 Å². The first-order chi connectivity index (χ1) is 5.57.